The summed E-state index contributed by atoms with van der Waals surface area (Å²) in [5.74, 6) is -4.48. The smallest absolute Gasteiger partial charge is 0.231 e. The van der Waals surface area contributed by atoms with Crippen molar-refractivity contribution in [1.29, 1.82) is 0 Å². The Labute approximate surface area is 473 Å². The van der Waals surface area contributed by atoms with Gasteiger partial charge < -0.3 is 21.3 Å². The molecule has 8 nitrogen and oxygen atoms in total. The molecule has 4 amide bonds. The number of hydrogen-bond acceptors (Lipinski definition) is 4. The van der Waals surface area contributed by atoms with Gasteiger partial charge in [-0.15, -0.1) is 0 Å². The second kappa shape index (κ2) is 32.4. The van der Waals surface area contributed by atoms with Crippen LogP contribution in [0.1, 0.15) is 108 Å². The normalized spacial score (nSPS) is 10.7. The van der Waals surface area contributed by atoms with Gasteiger partial charge in [-0.3, -0.25) is 19.2 Å². The predicted octanol–water partition coefficient (Wildman–Crippen LogP) is 13.8. The van der Waals surface area contributed by atoms with Gasteiger partial charge in [0.25, 0.3) is 0 Å². The average molecular weight is 1130 g/mol. The number of hydrogen-bond donors (Lipinski definition) is 3. The first kappa shape index (κ1) is 63.9. The molecule has 0 bridgehead atoms. The molecule has 0 saturated heterocycles. The van der Waals surface area contributed by atoms with Crippen LogP contribution in [0, 0.1) is 46.5 Å². The van der Waals surface area contributed by atoms with Crippen molar-refractivity contribution in [3.63, 3.8) is 0 Å². The molecule has 8 aromatic rings. The topological polar surface area (TPSA) is 122 Å². The van der Waals surface area contributed by atoms with E-state index in [9.17, 15) is 54.3 Å². The lowest BCUT2D eigenvalue weighted by Gasteiger charge is -2.23. The molecule has 16 heteroatoms. The van der Waals surface area contributed by atoms with E-state index in [4.69, 9.17) is 5.73 Å². The van der Waals surface area contributed by atoms with Crippen molar-refractivity contribution < 1.29 is 54.3 Å². The summed E-state index contributed by atoms with van der Waals surface area (Å²) < 4.78 is 104. The fraction of sp³-hybridized carbons (Fsp3) is 0.212. The zero-order chi connectivity index (χ0) is 59.7. The van der Waals surface area contributed by atoms with Crippen LogP contribution in [0.3, 0.4) is 0 Å². The summed E-state index contributed by atoms with van der Waals surface area (Å²) >= 11 is 0. The van der Waals surface area contributed by atoms with Crippen molar-refractivity contribution in [2.75, 3.05) is 27.2 Å². The third-order valence-corrected chi connectivity index (χ3v) is 13.4. The number of amides is 4. The Hall–Kier alpha value is -8.92. The van der Waals surface area contributed by atoms with Crippen molar-refractivity contribution in [1.82, 2.24) is 15.5 Å². The number of nitrogens with zero attached hydrogens (tertiary/aromatic N) is 1. The first-order valence-corrected chi connectivity index (χ1v) is 26.3. The standard InChI is InChI=1S/C19H21F2NO.2C16H15F2NO.C15H13F2NO/c1-3-22(4-2)19(23)13-18(14-5-9-16(20)10-6-14)15-7-11-17(21)12-8-15;1-19-16(20)10-15(11-2-6-13(17)7-3-11)12-4-8-14(18)9-5-12;17-13-5-1-11(2-6-13)15(9-10-16(19)20)12-3-7-14(18)8-4-12;1-18-15(19)14(10-2-6-12(16)7-3-10)11-4-8-13(17)9-5-11/h5-12,18H,3-4,13H2,1-2H3;2-9,15H,10H2,1H3,(H,19,20);1-8,15H,9-10H2,(H2,19,20);2-9,14H,1H3,(H,18,19). The molecule has 0 aliphatic rings. The minimum Gasteiger partial charge on any atom is -0.370 e. The van der Waals surface area contributed by atoms with Gasteiger partial charge in [0, 0.05) is 64.2 Å². The van der Waals surface area contributed by atoms with E-state index >= 15 is 0 Å². The van der Waals surface area contributed by atoms with E-state index in [0.717, 1.165) is 33.4 Å². The minimum absolute atomic E-state index is 0.0358. The van der Waals surface area contributed by atoms with Crippen molar-refractivity contribution in [2.24, 2.45) is 5.73 Å². The van der Waals surface area contributed by atoms with Crippen molar-refractivity contribution in [3.05, 3.63) is 285 Å². The lowest BCUT2D eigenvalue weighted by Crippen LogP contribution is -2.31. The van der Waals surface area contributed by atoms with Gasteiger partial charge in [-0.1, -0.05) is 97.1 Å². The Morgan fingerprint density at radius 3 is 0.854 bits per heavy atom. The molecule has 0 unspecified atom stereocenters. The lowest BCUT2D eigenvalue weighted by atomic mass is 9.87. The molecule has 8 rings (SSSR count). The van der Waals surface area contributed by atoms with Crippen LogP contribution < -0.4 is 16.4 Å². The number of benzene rings is 8. The van der Waals surface area contributed by atoms with Crippen LogP contribution in [-0.2, 0) is 19.2 Å². The van der Waals surface area contributed by atoms with E-state index in [2.05, 4.69) is 10.6 Å². The van der Waals surface area contributed by atoms with Gasteiger partial charge in [0.1, 0.15) is 46.5 Å². The third-order valence-electron chi connectivity index (χ3n) is 13.4. The lowest BCUT2D eigenvalue weighted by molar-refractivity contribution is -0.131. The van der Waals surface area contributed by atoms with Crippen LogP contribution in [-0.4, -0.2) is 55.7 Å². The fourth-order valence-electron chi connectivity index (χ4n) is 8.96. The molecule has 0 heterocycles. The molecular formula is C66H64F8N4O4. The van der Waals surface area contributed by atoms with Crippen molar-refractivity contribution in [2.45, 2.75) is 63.2 Å². The van der Waals surface area contributed by atoms with Crippen LogP contribution in [0.5, 0.6) is 0 Å². The van der Waals surface area contributed by atoms with E-state index in [1.54, 1.807) is 109 Å². The van der Waals surface area contributed by atoms with E-state index in [0.29, 0.717) is 30.6 Å². The van der Waals surface area contributed by atoms with Gasteiger partial charge in [0.15, 0.2) is 0 Å². The summed E-state index contributed by atoms with van der Waals surface area (Å²) in [7, 11) is 3.09. The molecule has 0 atom stereocenters. The number of carbonyl (C=O) groups is 4. The molecule has 0 spiro atoms. The number of nitrogens with one attached hydrogen (secondary N) is 2. The Bertz CT molecular complexity index is 3060. The van der Waals surface area contributed by atoms with E-state index in [1.807, 2.05) is 13.8 Å². The predicted molar refractivity (Wildman–Crippen MR) is 302 cm³/mol. The average Bonchev–Trinajstić information content (AvgIpc) is 3.66. The van der Waals surface area contributed by atoms with Gasteiger partial charge in [-0.05, 0) is 162 Å². The van der Waals surface area contributed by atoms with E-state index in [1.165, 1.54) is 104 Å². The maximum atomic E-state index is 13.2. The summed E-state index contributed by atoms with van der Waals surface area (Å²) in [6.07, 6.45) is 1.23. The van der Waals surface area contributed by atoms with Crippen LogP contribution >= 0.6 is 0 Å². The van der Waals surface area contributed by atoms with Gasteiger partial charge in [-0.2, -0.15) is 0 Å². The highest BCUT2D eigenvalue weighted by Gasteiger charge is 2.24. The first-order chi connectivity index (χ1) is 39.3. The summed E-state index contributed by atoms with van der Waals surface area (Å²) in [6.45, 7) is 5.17. The monoisotopic (exact) mass is 1130 g/mol. The van der Waals surface area contributed by atoms with Gasteiger partial charge in [0.05, 0.1) is 5.92 Å². The minimum atomic E-state index is -0.578. The third kappa shape index (κ3) is 20.0. The van der Waals surface area contributed by atoms with Crippen LogP contribution in [0.25, 0.3) is 0 Å². The SMILES string of the molecule is CCN(CC)C(=O)CC(c1ccc(F)cc1)c1ccc(F)cc1.CNC(=O)C(c1ccc(F)cc1)c1ccc(F)cc1.CNC(=O)CC(c1ccc(F)cc1)c1ccc(F)cc1.NC(=O)CCC(c1ccc(F)cc1)c1ccc(F)cc1. The van der Waals surface area contributed by atoms with E-state index < -0.39 is 5.92 Å². The maximum absolute atomic E-state index is 13.2. The number of rotatable bonds is 18. The highest BCUT2D eigenvalue weighted by atomic mass is 19.2. The Balaban J connectivity index is 0.000000201. The summed E-state index contributed by atoms with van der Waals surface area (Å²) in [4.78, 5) is 48.8. The van der Waals surface area contributed by atoms with Crippen LogP contribution in [0.2, 0.25) is 0 Å². The quantitative estimate of drug-likeness (QED) is 0.0741. The molecule has 428 valence electrons. The molecule has 0 radical (unpaired) electrons. The molecule has 0 aliphatic carbocycles. The van der Waals surface area contributed by atoms with Gasteiger partial charge in [0.2, 0.25) is 23.6 Å². The molecule has 4 N–H and O–H groups in total. The van der Waals surface area contributed by atoms with Gasteiger partial charge >= 0.3 is 0 Å². The Morgan fingerprint density at radius 1 is 0.378 bits per heavy atom. The van der Waals surface area contributed by atoms with Gasteiger partial charge in [-0.25, -0.2) is 35.1 Å². The zero-order valence-electron chi connectivity index (χ0n) is 45.7. The number of halogens is 8. The molecule has 82 heavy (non-hydrogen) atoms. The highest BCUT2D eigenvalue weighted by Crippen LogP contribution is 2.32. The zero-order valence-corrected chi connectivity index (χ0v) is 45.7. The maximum Gasteiger partial charge on any atom is 0.231 e. The molecule has 0 aliphatic heterocycles. The number of primary amides is 1. The largest absolute Gasteiger partial charge is 0.370 e. The molecule has 0 saturated carbocycles. The van der Waals surface area contributed by atoms with E-state index in [-0.39, 0.29) is 107 Å². The summed E-state index contributed by atoms with van der Waals surface area (Å²) in [5, 5.41) is 5.14. The Morgan fingerprint density at radius 2 is 0.622 bits per heavy atom. The molecule has 0 fully saturated rings. The molecular weight excluding hydrogens is 1060 g/mol. The van der Waals surface area contributed by atoms with Crippen molar-refractivity contribution in [3.8, 4) is 0 Å². The highest BCUT2D eigenvalue weighted by molar-refractivity contribution is 5.87. The van der Waals surface area contributed by atoms with Crippen molar-refractivity contribution >= 4 is 23.6 Å². The summed E-state index contributed by atoms with van der Waals surface area (Å²) in [6, 6.07) is 47.8. The van der Waals surface area contributed by atoms with Crippen LogP contribution in [0.4, 0.5) is 35.1 Å². The second-order valence-electron chi connectivity index (χ2n) is 18.8. The van der Waals surface area contributed by atoms with Crippen LogP contribution in [0.15, 0.2) is 194 Å². The number of nitrogens with two attached hydrogens (primary N) is 1. The number of carbonyl (C=O) groups excluding carboxylic acids is 4. The Kier molecular flexibility index (Phi) is 25.2. The summed E-state index contributed by atoms with van der Waals surface area (Å²) in [5.41, 5.74) is 11.6. The second-order valence-corrected chi connectivity index (χ2v) is 18.8. The number of likely N-dealkylation sites (N-methyl/N-ethyl adjacent to an activating group) is 1. The first-order valence-electron chi connectivity index (χ1n) is 26.3. The molecule has 0 aromatic heterocycles. The molecule has 8 aromatic carbocycles. The fourth-order valence-corrected chi connectivity index (χ4v) is 8.96.